The third-order valence-electron chi connectivity index (χ3n) is 4.08. The Balaban J connectivity index is 1.71. The van der Waals surface area contributed by atoms with E-state index in [1.807, 2.05) is 10.8 Å². The number of carbonyl (C=O) groups is 1. The molecular formula is C14H21N3O2. The molecule has 1 aromatic rings. The maximum Gasteiger partial charge on any atom is 0.228 e. The number of Topliss-reactive ketones (excluding diaryl/α,β-unsaturated/α-hetero) is 1. The van der Waals surface area contributed by atoms with Crippen molar-refractivity contribution < 1.29 is 9.53 Å². The lowest BCUT2D eigenvalue weighted by Crippen LogP contribution is -2.49. The Kier molecular flexibility index (Phi) is 3.66. The Morgan fingerprint density at radius 3 is 3.32 bits per heavy atom. The molecular weight excluding hydrogens is 242 g/mol. The highest BCUT2D eigenvalue weighted by Crippen LogP contribution is 2.23. The molecule has 0 aliphatic carbocycles. The lowest BCUT2D eigenvalue weighted by molar-refractivity contribution is -0.0350. The number of hydrogen-bond donors (Lipinski definition) is 0. The van der Waals surface area contributed by atoms with E-state index in [0.29, 0.717) is 18.5 Å². The van der Waals surface area contributed by atoms with Crippen LogP contribution in [0.2, 0.25) is 0 Å². The largest absolute Gasteiger partial charge is 0.367 e. The van der Waals surface area contributed by atoms with E-state index in [1.54, 1.807) is 6.20 Å². The van der Waals surface area contributed by atoms with Gasteiger partial charge in [-0.25, -0.2) is 4.98 Å². The monoisotopic (exact) mass is 263 g/mol. The third-order valence-corrected chi connectivity index (χ3v) is 4.08. The minimum Gasteiger partial charge on any atom is -0.367 e. The summed E-state index contributed by atoms with van der Waals surface area (Å²) in [6, 6.07) is 0.527. The molecule has 3 rings (SSSR count). The fourth-order valence-corrected chi connectivity index (χ4v) is 3.08. The third kappa shape index (κ3) is 2.44. The zero-order valence-electron chi connectivity index (χ0n) is 11.4. The first-order valence-electron chi connectivity index (χ1n) is 7.20. The first kappa shape index (κ1) is 12.8. The smallest absolute Gasteiger partial charge is 0.228 e. The Morgan fingerprint density at radius 2 is 2.47 bits per heavy atom. The van der Waals surface area contributed by atoms with Gasteiger partial charge in [-0.2, -0.15) is 0 Å². The average Bonchev–Trinajstić information content (AvgIpc) is 3.05. The zero-order valence-corrected chi connectivity index (χ0v) is 11.4. The number of imidazole rings is 1. The molecule has 2 unspecified atom stereocenters. The second kappa shape index (κ2) is 5.43. The number of fused-ring (bicyclic) bond motifs is 1. The van der Waals surface area contributed by atoms with Gasteiger partial charge in [0, 0.05) is 31.5 Å². The molecule has 0 radical (unpaired) electrons. The molecule has 0 saturated carbocycles. The average molecular weight is 263 g/mol. The molecule has 19 heavy (non-hydrogen) atoms. The summed E-state index contributed by atoms with van der Waals surface area (Å²) in [5, 5.41) is 0. The lowest BCUT2D eigenvalue weighted by atomic mass is 10.1. The summed E-state index contributed by atoms with van der Waals surface area (Å²) in [4.78, 5) is 19.1. The van der Waals surface area contributed by atoms with Crippen LogP contribution in [0, 0.1) is 0 Å². The van der Waals surface area contributed by atoms with Crippen LogP contribution in [0.5, 0.6) is 0 Å². The van der Waals surface area contributed by atoms with Gasteiger partial charge in [0.1, 0.15) is 6.10 Å². The van der Waals surface area contributed by atoms with E-state index < -0.39 is 0 Å². The van der Waals surface area contributed by atoms with Gasteiger partial charge in [-0.3, -0.25) is 9.69 Å². The van der Waals surface area contributed by atoms with Crippen LogP contribution in [-0.2, 0) is 11.3 Å². The highest BCUT2D eigenvalue weighted by Gasteiger charge is 2.36. The van der Waals surface area contributed by atoms with Crippen LogP contribution in [0.15, 0.2) is 12.4 Å². The molecule has 2 fully saturated rings. The maximum atomic E-state index is 12.5. The molecule has 104 valence electrons. The predicted octanol–water partition coefficient (Wildman–Crippen LogP) is 1.34. The molecule has 0 amide bonds. The summed E-state index contributed by atoms with van der Waals surface area (Å²) in [6.07, 6.45) is 6.65. The molecule has 2 atom stereocenters. The number of carbonyl (C=O) groups excluding carboxylic acids is 1. The lowest BCUT2D eigenvalue weighted by Gasteiger charge is -2.34. The van der Waals surface area contributed by atoms with Crippen LogP contribution in [0.3, 0.4) is 0 Å². The summed E-state index contributed by atoms with van der Waals surface area (Å²) < 4.78 is 7.70. The minimum atomic E-state index is -0.340. The van der Waals surface area contributed by atoms with E-state index in [-0.39, 0.29) is 11.9 Å². The number of nitrogens with zero attached hydrogens (tertiary/aromatic N) is 3. The van der Waals surface area contributed by atoms with Crippen molar-refractivity contribution in [1.82, 2.24) is 14.5 Å². The second-order valence-corrected chi connectivity index (χ2v) is 5.42. The van der Waals surface area contributed by atoms with Crippen LogP contribution < -0.4 is 0 Å². The number of hydrogen-bond acceptors (Lipinski definition) is 4. The molecule has 2 aliphatic rings. The topological polar surface area (TPSA) is 47.4 Å². The van der Waals surface area contributed by atoms with Crippen molar-refractivity contribution in [3.05, 3.63) is 18.2 Å². The van der Waals surface area contributed by atoms with Gasteiger partial charge in [0.15, 0.2) is 5.82 Å². The van der Waals surface area contributed by atoms with Crippen molar-refractivity contribution >= 4 is 5.78 Å². The molecule has 2 aliphatic heterocycles. The fraction of sp³-hybridized carbons (Fsp3) is 0.714. The molecule has 0 N–H and O–H groups in total. The van der Waals surface area contributed by atoms with Gasteiger partial charge in [-0.1, -0.05) is 6.92 Å². The van der Waals surface area contributed by atoms with Crippen molar-refractivity contribution in [2.75, 3.05) is 19.7 Å². The molecule has 0 spiro atoms. The van der Waals surface area contributed by atoms with E-state index in [9.17, 15) is 4.79 Å². The fourth-order valence-electron chi connectivity index (χ4n) is 3.08. The Labute approximate surface area is 113 Å². The number of rotatable bonds is 4. The number of ketones is 1. The van der Waals surface area contributed by atoms with Crippen molar-refractivity contribution in [2.24, 2.45) is 0 Å². The molecule has 3 heterocycles. The molecule has 0 aromatic carbocycles. The normalized spacial score (nSPS) is 27.4. The van der Waals surface area contributed by atoms with Crippen molar-refractivity contribution in [2.45, 2.75) is 44.9 Å². The van der Waals surface area contributed by atoms with Gasteiger partial charge in [0.05, 0.1) is 6.61 Å². The number of aromatic nitrogens is 2. The van der Waals surface area contributed by atoms with Gasteiger partial charge in [0.2, 0.25) is 5.78 Å². The Morgan fingerprint density at radius 1 is 1.58 bits per heavy atom. The molecule has 0 bridgehead atoms. The van der Waals surface area contributed by atoms with Gasteiger partial charge >= 0.3 is 0 Å². The summed E-state index contributed by atoms with van der Waals surface area (Å²) in [5.74, 6) is 0.577. The van der Waals surface area contributed by atoms with Gasteiger partial charge < -0.3 is 9.30 Å². The van der Waals surface area contributed by atoms with Crippen LogP contribution in [-0.4, -0.2) is 52.1 Å². The van der Waals surface area contributed by atoms with Gasteiger partial charge in [-0.15, -0.1) is 0 Å². The minimum absolute atomic E-state index is 0.0313. The van der Waals surface area contributed by atoms with E-state index in [4.69, 9.17) is 4.74 Å². The zero-order chi connectivity index (χ0) is 13.2. The van der Waals surface area contributed by atoms with E-state index in [0.717, 1.165) is 26.1 Å². The Hall–Kier alpha value is -1.20. The molecule has 5 nitrogen and oxygen atoms in total. The van der Waals surface area contributed by atoms with Gasteiger partial charge in [-0.05, 0) is 25.8 Å². The number of morpholine rings is 1. The van der Waals surface area contributed by atoms with Crippen molar-refractivity contribution in [3.8, 4) is 0 Å². The molecule has 1 aromatic heterocycles. The maximum absolute atomic E-state index is 12.5. The highest BCUT2D eigenvalue weighted by atomic mass is 16.5. The summed E-state index contributed by atoms with van der Waals surface area (Å²) >= 11 is 0. The van der Waals surface area contributed by atoms with Crippen LogP contribution >= 0.6 is 0 Å². The summed E-state index contributed by atoms with van der Waals surface area (Å²) in [6.45, 7) is 5.44. The Bertz CT molecular complexity index is 457. The van der Waals surface area contributed by atoms with Crippen LogP contribution in [0.4, 0.5) is 0 Å². The standard InChI is InChI=1S/C14H21N3O2/c1-2-6-16-8-5-15-14(16)13(18)12-9-17-7-3-4-11(17)10-19-12/h5,8,11-12H,2-4,6-7,9-10H2,1H3. The number of aryl methyl sites for hydroxylation is 1. The van der Waals surface area contributed by atoms with Crippen molar-refractivity contribution in [1.29, 1.82) is 0 Å². The van der Waals surface area contributed by atoms with Crippen LogP contribution in [0.1, 0.15) is 36.8 Å². The summed E-state index contributed by atoms with van der Waals surface area (Å²) in [7, 11) is 0. The second-order valence-electron chi connectivity index (χ2n) is 5.42. The van der Waals surface area contributed by atoms with E-state index in [2.05, 4.69) is 16.8 Å². The SMILES string of the molecule is CCCn1ccnc1C(=O)C1CN2CCCC2CO1. The highest BCUT2D eigenvalue weighted by molar-refractivity contribution is 5.96. The quantitative estimate of drug-likeness (QED) is 0.769. The first-order chi connectivity index (χ1) is 9.29. The molecule has 2 saturated heterocycles. The van der Waals surface area contributed by atoms with Gasteiger partial charge in [0.25, 0.3) is 0 Å². The number of ether oxygens (including phenoxy) is 1. The van der Waals surface area contributed by atoms with E-state index >= 15 is 0 Å². The molecule has 5 heteroatoms. The predicted molar refractivity (Wildman–Crippen MR) is 71.2 cm³/mol. The van der Waals surface area contributed by atoms with Crippen LogP contribution in [0.25, 0.3) is 0 Å². The summed E-state index contributed by atoms with van der Waals surface area (Å²) in [5.41, 5.74) is 0. The van der Waals surface area contributed by atoms with Crippen molar-refractivity contribution in [3.63, 3.8) is 0 Å². The van der Waals surface area contributed by atoms with E-state index in [1.165, 1.54) is 12.8 Å². The first-order valence-corrected chi connectivity index (χ1v) is 7.20.